The summed E-state index contributed by atoms with van der Waals surface area (Å²) in [5, 5.41) is 0. The molecule has 2 heteroatoms. The average Bonchev–Trinajstić information content (AvgIpc) is 3.17. The largest absolute Gasteiger partial charge is 0.293 e. The maximum atomic E-state index is 13.1. The number of carbonyl (C=O) groups excluding carboxylic acids is 1. The minimum Gasteiger partial charge on any atom is -0.293 e. The molecule has 3 aromatic carbocycles. The molecule has 0 spiro atoms. The molecule has 2 nitrogen and oxygen atoms in total. The Morgan fingerprint density at radius 3 is 2.00 bits per heavy atom. The normalized spacial score (nSPS) is 16.9. The van der Waals surface area contributed by atoms with Crippen LogP contribution in [-0.2, 0) is 0 Å². The Kier molecular flexibility index (Phi) is 2.70. The van der Waals surface area contributed by atoms with Crippen molar-refractivity contribution in [2.24, 2.45) is 5.92 Å². The summed E-state index contributed by atoms with van der Waals surface area (Å²) >= 11 is 0. The van der Waals surface area contributed by atoms with E-state index in [0.29, 0.717) is 5.56 Å². The van der Waals surface area contributed by atoms with E-state index in [2.05, 4.69) is 13.8 Å². The Labute approximate surface area is 129 Å². The number of hydrogen-bond donors (Lipinski definition) is 0. The molecule has 0 N–H and O–H groups in total. The van der Waals surface area contributed by atoms with Crippen LogP contribution < -0.4 is 5.43 Å². The van der Waals surface area contributed by atoms with Gasteiger partial charge >= 0.3 is 0 Å². The van der Waals surface area contributed by atoms with E-state index in [1.165, 1.54) is 0 Å². The van der Waals surface area contributed by atoms with Crippen LogP contribution in [0.3, 0.4) is 0 Å². The van der Waals surface area contributed by atoms with E-state index in [1.807, 2.05) is 48.5 Å². The van der Waals surface area contributed by atoms with Crippen LogP contribution in [0.5, 0.6) is 0 Å². The molecule has 22 heavy (non-hydrogen) atoms. The zero-order valence-corrected chi connectivity index (χ0v) is 12.6. The van der Waals surface area contributed by atoms with E-state index in [4.69, 9.17) is 0 Å². The van der Waals surface area contributed by atoms with Gasteiger partial charge in [0, 0.05) is 16.7 Å². The molecule has 0 aliphatic heterocycles. The maximum Gasteiger partial charge on any atom is 0.195 e. The molecule has 1 atom stereocenters. The van der Waals surface area contributed by atoms with Crippen LogP contribution in [0, 0.1) is 5.92 Å². The van der Waals surface area contributed by atoms with Gasteiger partial charge in [-0.2, -0.15) is 0 Å². The van der Waals surface area contributed by atoms with E-state index in [9.17, 15) is 9.59 Å². The molecular formula is C20H16O2. The van der Waals surface area contributed by atoms with Gasteiger partial charge in [-0.05, 0) is 22.6 Å². The standard InChI is InChI=1S/C20H16O2/c1-11(2)16-12-7-3-4-8-13(12)17-18(20(17)22)14-9-5-6-10-15(14)19(16)21/h3-11,16H,1-2H3. The predicted molar refractivity (Wildman–Crippen MR) is 87.9 cm³/mol. The molecule has 0 saturated carbocycles. The van der Waals surface area contributed by atoms with Crippen LogP contribution in [0.2, 0.25) is 0 Å². The molecule has 0 saturated heterocycles. The molecule has 1 aliphatic rings. The van der Waals surface area contributed by atoms with Crippen LogP contribution in [0.4, 0.5) is 0 Å². The number of hydrogen-bond acceptors (Lipinski definition) is 2. The highest BCUT2D eigenvalue weighted by Crippen LogP contribution is 2.45. The molecule has 108 valence electrons. The molecule has 0 aromatic heterocycles. The fourth-order valence-corrected chi connectivity index (χ4v) is 3.57. The number of fused-ring (bicyclic) bond motifs is 5. The van der Waals surface area contributed by atoms with E-state index < -0.39 is 0 Å². The first-order chi connectivity index (χ1) is 10.6. The first kappa shape index (κ1) is 13.2. The molecule has 0 fully saturated rings. The Hall–Kier alpha value is -2.48. The third-order valence-electron chi connectivity index (χ3n) is 4.62. The van der Waals surface area contributed by atoms with E-state index in [0.717, 1.165) is 27.8 Å². The average molecular weight is 288 g/mol. The monoisotopic (exact) mass is 288 g/mol. The van der Waals surface area contributed by atoms with Gasteiger partial charge in [0.15, 0.2) is 11.2 Å². The summed E-state index contributed by atoms with van der Waals surface area (Å²) in [6, 6.07) is 15.3. The van der Waals surface area contributed by atoms with Crippen molar-refractivity contribution in [2.45, 2.75) is 19.8 Å². The number of Topliss-reactive ketones (excluding diaryl/α,β-unsaturated/α-hetero) is 1. The summed E-state index contributed by atoms with van der Waals surface area (Å²) < 4.78 is 0. The lowest BCUT2D eigenvalue weighted by Gasteiger charge is -2.24. The second-order valence-electron chi connectivity index (χ2n) is 6.30. The van der Waals surface area contributed by atoms with Crippen molar-refractivity contribution in [3.8, 4) is 22.3 Å². The third-order valence-corrected chi connectivity index (χ3v) is 4.62. The summed E-state index contributed by atoms with van der Waals surface area (Å²) in [7, 11) is 0. The molecule has 3 aromatic rings. The highest BCUT2D eigenvalue weighted by molar-refractivity contribution is 6.12. The van der Waals surface area contributed by atoms with Crippen molar-refractivity contribution in [3.05, 3.63) is 69.9 Å². The molecule has 0 heterocycles. The Morgan fingerprint density at radius 2 is 1.32 bits per heavy atom. The molecular weight excluding hydrogens is 272 g/mol. The van der Waals surface area contributed by atoms with Crippen LogP contribution in [0.15, 0.2) is 53.3 Å². The maximum absolute atomic E-state index is 13.1. The van der Waals surface area contributed by atoms with Crippen molar-refractivity contribution >= 4 is 5.78 Å². The molecule has 1 aliphatic carbocycles. The van der Waals surface area contributed by atoms with Gasteiger partial charge in [-0.15, -0.1) is 0 Å². The van der Waals surface area contributed by atoms with E-state index in [1.54, 1.807) is 0 Å². The lowest BCUT2D eigenvalue weighted by molar-refractivity contribution is 0.0938. The minimum absolute atomic E-state index is 0.0807. The quantitative estimate of drug-likeness (QED) is 0.672. The lowest BCUT2D eigenvalue weighted by Crippen LogP contribution is -2.20. The Balaban J connectivity index is 2.09. The molecule has 1 unspecified atom stereocenters. The molecule has 0 amide bonds. The summed E-state index contributed by atoms with van der Waals surface area (Å²) in [4.78, 5) is 25.5. The predicted octanol–water partition coefficient (Wildman–Crippen LogP) is 4.19. The smallest absolute Gasteiger partial charge is 0.195 e. The van der Waals surface area contributed by atoms with Crippen molar-refractivity contribution in [2.75, 3.05) is 0 Å². The Bertz CT molecular complexity index is 908. The van der Waals surface area contributed by atoms with Gasteiger partial charge in [-0.3, -0.25) is 9.59 Å². The number of carbonyl (C=O) groups is 1. The highest BCUT2D eigenvalue weighted by Gasteiger charge is 2.37. The lowest BCUT2D eigenvalue weighted by atomic mass is 9.77. The first-order valence-corrected chi connectivity index (χ1v) is 7.63. The fraction of sp³-hybridized carbons (Fsp3) is 0.200. The molecule has 0 radical (unpaired) electrons. The van der Waals surface area contributed by atoms with Crippen LogP contribution in [-0.4, -0.2) is 5.78 Å². The number of benzene rings is 2. The van der Waals surface area contributed by atoms with Crippen molar-refractivity contribution in [3.63, 3.8) is 0 Å². The minimum atomic E-state index is -0.209. The second kappa shape index (κ2) is 4.51. The SMILES string of the molecule is CC(C)C1C(=O)c2ccccc2-c2c(c2=O)-c2ccccc21. The van der Waals surface area contributed by atoms with Crippen LogP contribution in [0.25, 0.3) is 22.3 Å². The summed E-state index contributed by atoms with van der Waals surface area (Å²) in [6.45, 7) is 4.13. The highest BCUT2D eigenvalue weighted by atomic mass is 16.1. The zero-order valence-electron chi connectivity index (χ0n) is 12.6. The Morgan fingerprint density at radius 1 is 0.773 bits per heavy atom. The molecule has 4 rings (SSSR count). The third kappa shape index (κ3) is 1.67. The summed E-state index contributed by atoms with van der Waals surface area (Å²) in [5.41, 5.74) is 4.98. The van der Waals surface area contributed by atoms with Crippen LogP contribution >= 0.6 is 0 Å². The number of rotatable bonds is 1. The topological polar surface area (TPSA) is 34.1 Å². The van der Waals surface area contributed by atoms with Crippen molar-refractivity contribution in [1.29, 1.82) is 0 Å². The van der Waals surface area contributed by atoms with Crippen molar-refractivity contribution < 1.29 is 4.79 Å². The van der Waals surface area contributed by atoms with Gasteiger partial charge in [0.1, 0.15) is 0 Å². The van der Waals surface area contributed by atoms with Gasteiger partial charge in [0.2, 0.25) is 0 Å². The second-order valence-corrected chi connectivity index (χ2v) is 6.30. The van der Waals surface area contributed by atoms with Crippen LogP contribution in [0.1, 0.15) is 35.7 Å². The number of ketones is 1. The van der Waals surface area contributed by atoms with Gasteiger partial charge < -0.3 is 0 Å². The van der Waals surface area contributed by atoms with E-state index >= 15 is 0 Å². The summed E-state index contributed by atoms with van der Waals surface area (Å²) in [5.74, 6) is 0.0850. The first-order valence-electron chi connectivity index (χ1n) is 7.63. The van der Waals surface area contributed by atoms with Gasteiger partial charge in [-0.25, -0.2) is 0 Å². The van der Waals surface area contributed by atoms with Gasteiger partial charge in [0.05, 0.1) is 5.92 Å². The van der Waals surface area contributed by atoms with Gasteiger partial charge in [-0.1, -0.05) is 62.4 Å². The van der Waals surface area contributed by atoms with Crippen molar-refractivity contribution in [1.82, 2.24) is 0 Å². The summed E-state index contributed by atoms with van der Waals surface area (Å²) in [6.07, 6.45) is 0. The molecule has 0 bridgehead atoms. The fourth-order valence-electron chi connectivity index (χ4n) is 3.57. The van der Waals surface area contributed by atoms with Gasteiger partial charge in [0.25, 0.3) is 0 Å². The zero-order chi connectivity index (χ0) is 15.4. The van der Waals surface area contributed by atoms with E-state index in [-0.39, 0.29) is 23.0 Å².